The zero-order chi connectivity index (χ0) is 13.8. The van der Waals surface area contributed by atoms with Crippen LogP contribution in [0.25, 0.3) is 0 Å². The molecule has 0 aromatic heterocycles. The fraction of sp³-hybridized carbons (Fsp3) is 0.571. The van der Waals surface area contributed by atoms with Crippen LogP contribution in [0.3, 0.4) is 0 Å². The van der Waals surface area contributed by atoms with Gasteiger partial charge in [0.2, 0.25) is 0 Å². The lowest BCUT2D eigenvalue weighted by Crippen LogP contribution is -2.27. The van der Waals surface area contributed by atoms with Crippen LogP contribution in [0, 0.1) is 17.0 Å². The van der Waals surface area contributed by atoms with Crippen LogP contribution in [-0.2, 0) is 0 Å². The van der Waals surface area contributed by atoms with Gasteiger partial charge in [0.25, 0.3) is 5.69 Å². The van der Waals surface area contributed by atoms with Crippen LogP contribution in [0.15, 0.2) is 18.2 Å². The maximum absolute atomic E-state index is 10.8. The van der Waals surface area contributed by atoms with Gasteiger partial charge < -0.3 is 5.32 Å². The fourth-order valence-electron chi connectivity index (χ4n) is 2.63. The molecule has 104 valence electrons. The van der Waals surface area contributed by atoms with Crippen molar-refractivity contribution in [1.29, 1.82) is 0 Å². The summed E-state index contributed by atoms with van der Waals surface area (Å²) in [7, 11) is 0. The molecule has 19 heavy (non-hydrogen) atoms. The van der Waals surface area contributed by atoms with E-state index >= 15 is 0 Å². The van der Waals surface area contributed by atoms with E-state index in [-0.39, 0.29) is 10.6 Å². The van der Waals surface area contributed by atoms with Gasteiger partial charge in [0.15, 0.2) is 0 Å². The zero-order valence-corrected chi connectivity index (χ0v) is 12.2. The van der Waals surface area contributed by atoms with E-state index in [1.54, 1.807) is 13.0 Å². The molecule has 1 saturated carbocycles. The topological polar surface area (TPSA) is 55.2 Å². The second-order valence-corrected chi connectivity index (χ2v) is 6.25. The number of hydrogen-bond donors (Lipinski definition) is 1. The summed E-state index contributed by atoms with van der Waals surface area (Å²) in [6.07, 6.45) is 7.05. The molecular weight excluding hydrogens is 260 g/mol. The number of aryl methyl sites for hydroxylation is 1. The predicted molar refractivity (Wildman–Crippen MR) is 81.0 cm³/mol. The second kappa shape index (κ2) is 6.28. The Morgan fingerprint density at radius 2 is 2.00 bits per heavy atom. The van der Waals surface area contributed by atoms with Crippen LogP contribution in [0.4, 0.5) is 11.4 Å². The molecule has 1 fully saturated rings. The van der Waals surface area contributed by atoms with Gasteiger partial charge in [-0.05, 0) is 51.0 Å². The summed E-state index contributed by atoms with van der Waals surface area (Å²) in [5.74, 6) is 0. The number of benzene rings is 1. The third-order valence-corrected chi connectivity index (χ3v) is 4.91. The Morgan fingerprint density at radius 3 is 2.53 bits per heavy atom. The molecule has 1 aromatic carbocycles. The number of nitro benzene ring substituents is 1. The van der Waals surface area contributed by atoms with Gasteiger partial charge in [0.1, 0.15) is 0 Å². The molecule has 0 spiro atoms. The third-order valence-electron chi connectivity index (χ3n) is 3.77. The van der Waals surface area contributed by atoms with E-state index in [2.05, 4.69) is 11.6 Å². The molecule has 5 heteroatoms. The van der Waals surface area contributed by atoms with E-state index < -0.39 is 0 Å². The molecule has 0 unspecified atom stereocenters. The highest BCUT2D eigenvalue weighted by Crippen LogP contribution is 2.29. The monoisotopic (exact) mass is 280 g/mol. The van der Waals surface area contributed by atoms with Gasteiger partial charge in [-0.15, -0.1) is 0 Å². The largest absolute Gasteiger partial charge is 0.382 e. The minimum atomic E-state index is -0.331. The van der Waals surface area contributed by atoms with Crippen LogP contribution in [0.5, 0.6) is 0 Å². The van der Waals surface area contributed by atoms with Crippen molar-refractivity contribution in [2.45, 2.75) is 43.9 Å². The quantitative estimate of drug-likeness (QED) is 0.669. The van der Waals surface area contributed by atoms with Gasteiger partial charge in [0.05, 0.1) is 4.92 Å². The van der Waals surface area contributed by atoms with Crippen molar-refractivity contribution >= 4 is 23.1 Å². The average molecular weight is 280 g/mol. The van der Waals surface area contributed by atoms with E-state index in [1.165, 1.54) is 25.7 Å². The Bertz CT molecular complexity index is 457. The van der Waals surface area contributed by atoms with E-state index in [1.807, 2.05) is 23.9 Å². The minimum Gasteiger partial charge on any atom is -0.382 e. The maximum atomic E-state index is 10.8. The molecule has 0 aliphatic heterocycles. The van der Waals surface area contributed by atoms with Gasteiger partial charge in [-0.25, -0.2) is 0 Å². The number of nitrogens with one attached hydrogen (secondary N) is 1. The Balaban J connectivity index is 1.97. The highest BCUT2D eigenvalue weighted by Gasteiger charge is 2.20. The number of anilines is 1. The van der Waals surface area contributed by atoms with Crippen LogP contribution in [0.1, 0.15) is 31.2 Å². The van der Waals surface area contributed by atoms with Gasteiger partial charge in [0, 0.05) is 28.6 Å². The van der Waals surface area contributed by atoms with Crippen molar-refractivity contribution < 1.29 is 4.92 Å². The SMILES string of the molecule is CSC1CCC(Nc2ccc([N+](=O)[O-])c(C)c2)CC1. The van der Waals surface area contributed by atoms with E-state index in [0.29, 0.717) is 11.6 Å². The minimum absolute atomic E-state index is 0.191. The molecule has 1 aliphatic carbocycles. The second-order valence-electron chi connectivity index (χ2n) is 5.11. The molecule has 1 aliphatic rings. The van der Waals surface area contributed by atoms with E-state index in [4.69, 9.17) is 0 Å². The Kier molecular flexibility index (Phi) is 4.69. The number of nitro groups is 1. The van der Waals surface area contributed by atoms with Crippen molar-refractivity contribution in [3.63, 3.8) is 0 Å². The average Bonchev–Trinajstić information content (AvgIpc) is 2.39. The molecule has 4 nitrogen and oxygen atoms in total. The number of nitrogens with zero attached hydrogens (tertiary/aromatic N) is 1. The smallest absolute Gasteiger partial charge is 0.272 e. The van der Waals surface area contributed by atoms with Crippen molar-refractivity contribution in [2.75, 3.05) is 11.6 Å². The number of rotatable bonds is 4. The first-order valence-electron chi connectivity index (χ1n) is 6.64. The highest BCUT2D eigenvalue weighted by atomic mass is 32.2. The first-order chi connectivity index (χ1) is 9.10. The summed E-state index contributed by atoms with van der Waals surface area (Å²) < 4.78 is 0. The fourth-order valence-corrected chi connectivity index (χ4v) is 3.37. The summed E-state index contributed by atoms with van der Waals surface area (Å²) >= 11 is 1.96. The first kappa shape index (κ1) is 14.2. The number of hydrogen-bond acceptors (Lipinski definition) is 4. The van der Waals surface area contributed by atoms with E-state index in [0.717, 1.165) is 10.9 Å². The highest BCUT2D eigenvalue weighted by molar-refractivity contribution is 7.99. The van der Waals surface area contributed by atoms with Crippen molar-refractivity contribution in [3.05, 3.63) is 33.9 Å². The summed E-state index contributed by atoms with van der Waals surface area (Å²) in [4.78, 5) is 10.4. The van der Waals surface area contributed by atoms with Gasteiger partial charge in [-0.2, -0.15) is 11.8 Å². The van der Waals surface area contributed by atoms with Crippen molar-refractivity contribution in [1.82, 2.24) is 0 Å². The van der Waals surface area contributed by atoms with Crippen LogP contribution in [-0.4, -0.2) is 22.5 Å². The third kappa shape index (κ3) is 3.62. The molecule has 2 rings (SSSR count). The molecule has 0 radical (unpaired) electrons. The van der Waals surface area contributed by atoms with E-state index in [9.17, 15) is 10.1 Å². The molecule has 1 aromatic rings. The molecule has 0 saturated heterocycles. The van der Waals surface area contributed by atoms with Crippen LogP contribution in [0.2, 0.25) is 0 Å². The number of thioether (sulfide) groups is 1. The molecular formula is C14H20N2O2S. The van der Waals surface area contributed by atoms with Gasteiger partial charge >= 0.3 is 0 Å². The summed E-state index contributed by atoms with van der Waals surface area (Å²) in [5.41, 5.74) is 1.90. The molecule has 0 bridgehead atoms. The molecule has 1 N–H and O–H groups in total. The standard InChI is InChI=1S/C14H20N2O2S/c1-10-9-12(5-8-14(10)16(17)18)15-11-3-6-13(19-2)7-4-11/h5,8-9,11,13,15H,3-4,6-7H2,1-2H3. The first-order valence-corrected chi connectivity index (χ1v) is 7.93. The Hall–Kier alpha value is -1.23. The molecule has 0 heterocycles. The molecule has 0 atom stereocenters. The Morgan fingerprint density at radius 1 is 1.32 bits per heavy atom. The maximum Gasteiger partial charge on any atom is 0.272 e. The summed E-state index contributed by atoms with van der Waals surface area (Å²) in [5, 5.41) is 15.1. The zero-order valence-electron chi connectivity index (χ0n) is 11.4. The molecule has 0 amide bonds. The Labute approximate surface area is 118 Å². The summed E-state index contributed by atoms with van der Waals surface area (Å²) in [6, 6.07) is 5.78. The normalized spacial score (nSPS) is 23.1. The van der Waals surface area contributed by atoms with Crippen molar-refractivity contribution in [2.24, 2.45) is 0 Å². The predicted octanol–water partition coefficient (Wildman–Crippen LogP) is 3.99. The lowest BCUT2D eigenvalue weighted by molar-refractivity contribution is -0.385. The van der Waals surface area contributed by atoms with Gasteiger partial charge in [-0.3, -0.25) is 10.1 Å². The lowest BCUT2D eigenvalue weighted by Gasteiger charge is -2.28. The lowest BCUT2D eigenvalue weighted by atomic mass is 9.94. The summed E-state index contributed by atoms with van der Waals surface area (Å²) in [6.45, 7) is 1.79. The van der Waals surface area contributed by atoms with Crippen LogP contribution >= 0.6 is 11.8 Å². The van der Waals surface area contributed by atoms with Crippen LogP contribution < -0.4 is 5.32 Å². The van der Waals surface area contributed by atoms with Gasteiger partial charge in [-0.1, -0.05) is 0 Å². The van der Waals surface area contributed by atoms with Crippen molar-refractivity contribution in [3.8, 4) is 0 Å².